The number of rotatable bonds is 5. The molecule has 1 N–H and O–H groups in total. The first-order valence-electron chi connectivity index (χ1n) is 6.07. The lowest BCUT2D eigenvalue weighted by molar-refractivity contribution is -0.0204. The summed E-state index contributed by atoms with van der Waals surface area (Å²) in [5.74, 6) is 0. The summed E-state index contributed by atoms with van der Waals surface area (Å²) in [4.78, 5) is 0. The first-order chi connectivity index (χ1) is 6.68. The number of hydrogen-bond acceptors (Lipinski definition) is 2. The monoisotopic (exact) mass is 199 g/mol. The smallest absolute Gasteiger partial charge is 0.0675 e. The summed E-state index contributed by atoms with van der Waals surface area (Å²) in [6.45, 7) is 7.50. The lowest BCUT2D eigenvalue weighted by Crippen LogP contribution is -2.34. The standard InChI is InChI=1S/C12H25NO/c1-10(2)13-9-11(3)14-12-7-5-4-6-8-12/h10-13H,4-9H2,1-3H3. The average molecular weight is 199 g/mol. The molecule has 0 bridgehead atoms. The van der Waals surface area contributed by atoms with Gasteiger partial charge in [-0.05, 0) is 19.8 Å². The van der Waals surface area contributed by atoms with Gasteiger partial charge in [-0.2, -0.15) is 0 Å². The predicted molar refractivity (Wildman–Crippen MR) is 60.6 cm³/mol. The molecule has 0 radical (unpaired) electrons. The van der Waals surface area contributed by atoms with Crippen LogP contribution in [0.15, 0.2) is 0 Å². The Labute approximate surface area is 88.4 Å². The van der Waals surface area contributed by atoms with Crippen molar-refractivity contribution in [2.75, 3.05) is 6.54 Å². The molecule has 1 rings (SSSR count). The van der Waals surface area contributed by atoms with Gasteiger partial charge in [0.05, 0.1) is 12.2 Å². The van der Waals surface area contributed by atoms with Crippen LogP contribution in [-0.4, -0.2) is 24.8 Å². The zero-order valence-electron chi connectivity index (χ0n) is 9.88. The molecule has 1 saturated carbocycles. The Bertz CT molecular complexity index is 141. The van der Waals surface area contributed by atoms with Gasteiger partial charge in [0.15, 0.2) is 0 Å². The van der Waals surface area contributed by atoms with Gasteiger partial charge in [-0.25, -0.2) is 0 Å². The maximum absolute atomic E-state index is 5.98. The minimum atomic E-state index is 0.362. The van der Waals surface area contributed by atoms with Crippen molar-refractivity contribution in [2.24, 2.45) is 0 Å². The molecule has 84 valence electrons. The maximum Gasteiger partial charge on any atom is 0.0675 e. The Morgan fingerprint density at radius 1 is 1.14 bits per heavy atom. The van der Waals surface area contributed by atoms with Crippen LogP contribution in [0, 0.1) is 0 Å². The minimum Gasteiger partial charge on any atom is -0.374 e. The fourth-order valence-corrected chi connectivity index (χ4v) is 1.98. The number of hydrogen-bond donors (Lipinski definition) is 1. The zero-order chi connectivity index (χ0) is 10.4. The molecule has 1 unspecified atom stereocenters. The summed E-state index contributed by atoms with van der Waals surface area (Å²) in [6.07, 6.45) is 7.55. The van der Waals surface area contributed by atoms with Crippen LogP contribution in [0.3, 0.4) is 0 Å². The van der Waals surface area contributed by atoms with Crippen LogP contribution in [0.1, 0.15) is 52.9 Å². The molecule has 0 saturated heterocycles. The summed E-state index contributed by atoms with van der Waals surface area (Å²) < 4.78 is 5.98. The second kappa shape index (κ2) is 6.41. The van der Waals surface area contributed by atoms with E-state index in [0.717, 1.165) is 6.54 Å². The van der Waals surface area contributed by atoms with Crippen LogP contribution in [0.2, 0.25) is 0 Å². The lowest BCUT2D eigenvalue weighted by Gasteiger charge is -2.26. The SMILES string of the molecule is CC(C)NCC(C)OC1CCCCC1. The van der Waals surface area contributed by atoms with Gasteiger partial charge in [0.25, 0.3) is 0 Å². The normalized spacial score (nSPS) is 21.4. The molecule has 2 nitrogen and oxygen atoms in total. The highest BCUT2D eigenvalue weighted by atomic mass is 16.5. The van der Waals surface area contributed by atoms with Crippen molar-refractivity contribution in [3.63, 3.8) is 0 Å². The predicted octanol–water partition coefficient (Wildman–Crippen LogP) is 2.72. The third kappa shape index (κ3) is 4.97. The molecule has 0 spiro atoms. The Morgan fingerprint density at radius 3 is 2.36 bits per heavy atom. The molecule has 1 aliphatic carbocycles. The van der Waals surface area contributed by atoms with Gasteiger partial charge in [0.2, 0.25) is 0 Å². The van der Waals surface area contributed by atoms with Crippen molar-refractivity contribution >= 4 is 0 Å². The highest BCUT2D eigenvalue weighted by Crippen LogP contribution is 2.21. The Balaban J connectivity index is 2.09. The van der Waals surface area contributed by atoms with Crippen LogP contribution in [-0.2, 0) is 4.74 Å². The molecule has 0 amide bonds. The highest BCUT2D eigenvalue weighted by molar-refractivity contribution is 4.68. The van der Waals surface area contributed by atoms with Gasteiger partial charge in [-0.1, -0.05) is 33.1 Å². The molecule has 1 atom stereocenters. The van der Waals surface area contributed by atoms with E-state index in [9.17, 15) is 0 Å². The van der Waals surface area contributed by atoms with Crippen molar-refractivity contribution < 1.29 is 4.74 Å². The van der Waals surface area contributed by atoms with E-state index in [1.807, 2.05) is 0 Å². The molecular weight excluding hydrogens is 174 g/mol. The molecule has 0 heterocycles. The molecule has 0 aromatic carbocycles. The van der Waals surface area contributed by atoms with Gasteiger partial charge in [0.1, 0.15) is 0 Å². The van der Waals surface area contributed by atoms with Crippen molar-refractivity contribution in [3.8, 4) is 0 Å². The third-order valence-corrected chi connectivity index (χ3v) is 2.79. The molecule has 0 aromatic rings. The first-order valence-corrected chi connectivity index (χ1v) is 6.07. The number of nitrogens with one attached hydrogen (secondary N) is 1. The minimum absolute atomic E-state index is 0.362. The van der Waals surface area contributed by atoms with Crippen molar-refractivity contribution in [2.45, 2.75) is 71.1 Å². The quantitative estimate of drug-likeness (QED) is 0.735. The molecule has 0 aromatic heterocycles. The average Bonchev–Trinajstić information content (AvgIpc) is 2.16. The van der Waals surface area contributed by atoms with Gasteiger partial charge in [-0.15, -0.1) is 0 Å². The zero-order valence-corrected chi connectivity index (χ0v) is 9.88. The molecule has 2 heteroatoms. The fourth-order valence-electron chi connectivity index (χ4n) is 1.98. The van der Waals surface area contributed by atoms with Gasteiger partial charge in [0, 0.05) is 12.6 Å². The van der Waals surface area contributed by atoms with Crippen LogP contribution in [0.5, 0.6) is 0 Å². The van der Waals surface area contributed by atoms with Gasteiger partial charge in [-0.3, -0.25) is 0 Å². The second-order valence-corrected chi connectivity index (χ2v) is 4.77. The van der Waals surface area contributed by atoms with E-state index in [1.54, 1.807) is 0 Å². The van der Waals surface area contributed by atoms with E-state index in [1.165, 1.54) is 32.1 Å². The molecule has 0 aliphatic heterocycles. The maximum atomic E-state index is 5.98. The topological polar surface area (TPSA) is 21.3 Å². The Morgan fingerprint density at radius 2 is 1.79 bits per heavy atom. The molecule has 1 aliphatic rings. The summed E-state index contributed by atoms with van der Waals surface area (Å²) in [6, 6.07) is 0.562. The van der Waals surface area contributed by atoms with E-state index >= 15 is 0 Å². The van der Waals surface area contributed by atoms with E-state index in [0.29, 0.717) is 18.2 Å². The number of ether oxygens (including phenoxy) is 1. The van der Waals surface area contributed by atoms with Gasteiger partial charge < -0.3 is 10.1 Å². The summed E-state index contributed by atoms with van der Waals surface area (Å²) in [7, 11) is 0. The van der Waals surface area contributed by atoms with Crippen LogP contribution < -0.4 is 5.32 Å². The van der Waals surface area contributed by atoms with E-state index in [-0.39, 0.29) is 0 Å². The van der Waals surface area contributed by atoms with Crippen LogP contribution >= 0.6 is 0 Å². The highest BCUT2D eigenvalue weighted by Gasteiger charge is 2.16. The van der Waals surface area contributed by atoms with Crippen molar-refractivity contribution in [1.29, 1.82) is 0 Å². The summed E-state index contributed by atoms with van der Waals surface area (Å²) >= 11 is 0. The van der Waals surface area contributed by atoms with E-state index in [4.69, 9.17) is 4.74 Å². The van der Waals surface area contributed by atoms with Crippen LogP contribution in [0.4, 0.5) is 0 Å². The third-order valence-electron chi connectivity index (χ3n) is 2.79. The summed E-state index contributed by atoms with van der Waals surface area (Å²) in [5.41, 5.74) is 0. The Hall–Kier alpha value is -0.0800. The first kappa shape index (κ1) is 12.0. The lowest BCUT2D eigenvalue weighted by atomic mass is 9.98. The summed E-state index contributed by atoms with van der Waals surface area (Å²) in [5, 5.41) is 3.41. The van der Waals surface area contributed by atoms with E-state index < -0.39 is 0 Å². The van der Waals surface area contributed by atoms with Crippen molar-refractivity contribution in [1.82, 2.24) is 5.32 Å². The van der Waals surface area contributed by atoms with Gasteiger partial charge >= 0.3 is 0 Å². The van der Waals surface area contributed by atoms with E-state index in [2.05, 4.69) is 26.1 Å². The molecular formula is C12H25NO. The fraction of sp³-hybridized carbons (Fsp3) is 1.00. The largest absolute Gasteiger partial charge is 0.374 e. The Kier molecular flexibility index (Phi) is 5.49. The second-order valence-electron chi connectivity index (χ2n) is 4.77. The molecule has 1 fully saturated rings. The van der Waals surface area contributed by atoms with Crippen molar-refractivity contribution in [3.05, 3.63) is 0 Å². The van der Waals surface area contributed by atoms with Crippen LogP contribution in [0.25, 0.3) is 0 Å². The molecule has 14 heavy (non-hydrogen) atoms.